The van der Waals surface area contributed by atoms with Gasteiger partial charge in [-0.05, 0) is 18.6 Å². The van der Waals surface area contributed by atoms with Crippen LogP contribution in [-0.4, -0.2) is 36.6 Å². The van der Waals surface area contributed by atoms with Gasteiger partial charge in [0, 0.05) is 17.3 Å². The lowest BCUT2D eigenvalue weighted by molar-refractivity contribution is -0.113. The third kappa shape index (κ3) is 5.57. The molecule has 1 amide bonds. The number of aromatic nitrogens is 5. The van der Waals surface area contributed by atoms with Gasteiger partial charge in [0.2, 0.25) is 11.0 Å². The lowest BCUT2D eigenvalue weighted by Gasteiger charge is -2.04. The highest BCUT2D eigenvalue weighted by atomic mass is 35.5. The minimum absolute atomic E-state index is 0.172. The molecule has 1 aromatic carbocycles. The van der Waals surface area contributed by atoms with Gasteiger partial charge in [0.1, 0.15) is 5.82 Å². The zero-order valence-electron chi connectivity index (χ0n) is 15.0. The summed E-state index contributed by atoms with van der Waals surface area (Å²) in [4.78, 5) is 12.2. The van der Waals surface area contributed by atoms with E-state index in [2.05, 4.69) is 32.3 Å². The van der Waals surface area contributed by atoms with Gasteiger partial charge >= 0.3 is 0 Å². The Kier molecular flexibility index (Phi) is 7.49. The first-order valence-electron chi connectivity index (χ1n) is 8.20. The number of benzene rings is 1. The van der Waals surface area contributed by atoms with Crippen LogP contribution in [0.1, 0.15) is 11.4 Å². The summed E-state index contributed by atoms with van der Waals surface area (Å²) in [7, 11) is 0. The number of thioether (sulfide) groups is 2. The molecule has 1 N–H and O–H groups in total. The van der Waals surface area contributed by atoms with Gasteiger partial charge in [-0.1, -0.05) is 70.7 Å². The van der Waals surface area contributed by atoms with Crippen molar-refractivity contribution in [1.82, 2.24) is 25.0 Å². The van der Waals surface area contributed by atoms with Crippen LogP contribution in [0, 0.1) is 6.92 Å². The van der Waals surface area contributed by atoms with Crippen LogP contribution in [0.3, 0.4) is 0 Å². The molecule has 0 fully saturated rings. The average Bonchev–Trinajstić information content (AvgIpc) is 3.27. The van der Waals surface area contributed by atoms with Gasteiger partial charge in [0.05, 0.1) is 5.75 Å². The Morgan fingerprint density at radius 1 is 1.29 bits per heavy atom. The second kappa shape index (κ2) is 10.1. The summed E-state index contributed by atoms with van der Waals surface area (Å²) in [6, 6.07) is 7.68. The van der Waals surface area contributed by atoms with Crippen LogP contribution in [0.25, 0.3) is 0 Å². The molecule has 0 radical (unpaired) electrons. The van der Waals surface area contributed by atoms with Crippen molar-refractivity contribution in [2.45, 2.75) is 28.7 Å². The number of aryl methyl sites for hydroxylation is 1. The number of nitrogens with one attached hydrogen (secondary N) is 1. The molecular weight excluding hydrogens is 436 g/mol. The molecule has 28 heavy (non-hydrogen) atoms. The molecule has 3 rings (SSSR count). The van der Waals surface area contributed by atoms with Crippen molar-refractivity contribution in [2.75, 3.05) is 11.1 Å². The minimum atomic E-state index is -0.172. The van der Waals surface area contributed by atoms with Crippen LogP contribution in [0.15, 0.2) is 46.4 Å². The molecule has 7 nitrogen and oxygen atoms in total. The third-order valence-electron chi connectivity index (χ3n) is 3.51. The number of anilines is 1. The predicted molar refractivity (Wildman–Crippen MR) is 115 cm³/mol. The smallest absolute Gasteiger partial charge is 0.236 e. The molecule has 0 saturated carbocycles. The van der Waals surface area contributed by atoms with E-state index in [1.807, 2.05) is 35.8 Å². The zero-order valence-corrected chi connectivity index (χ0v) is 18.2. The highest BCUT2D eigenvalue weighted by Gasteiger charge is 2.13. The molecule has 0 spiro atoms. The number of carbonyl (C=O) groups excluding carboxylic acids is 1. The fourth-order valence-electron chi connectivity index (χ4n) is 2.17. The minimum Gasteiger partial charge on any atom is -0.302 e. The Morgan fingerprint density at radius 3 is 2.89 bits per heavy atom. The highest BCUT2D eigenvalue weighted by molar-refractivity contribution is 8.00. The maximum Gasteiger partial charge on any atom is 0.236 e. The van der Waals surface area contributed by atoms with Crippen molar-refractivity contribution in [3.63, 3.8) is 0 Å². The highest BCUT2D eigenvalue weighted by Crippen LogP contribution is 2.30. The van der Waals surface area contributed by atoms with Crippen molar-refractivity contribution in [2.24, 2.45) is 0 Å². The first-order chi connectivity index (χ1) is 13.6. The zero-order chi connectivity index (χ0) is 19.9. The molecule has 11 heteroatoms. The van der Waals surface area contributed by atoms with E-state index in [0.717, 1.165) is 20.8 Å². The fraction of sp³-hybridized carbons (Fsp3) is 0.235. The molecule has 0 unspecified atom stereocenters. The molecular formula is C17H17ClN6OS3. The van der Waals surface area contributed by atoms with Gasteiger partial charge in [-0.2, -0.15) is 0 Å². The summed E-state index contributed by atoms with van der Waals surface area (Å²) in [5.74, 6) is 1.51. The van der Waals surface area contributed by atoms with Crippen LogP contribution in [0.4, 0.5) is 5.13 Å². The Balaban J connectivity index is 1.50. The second-order valence-electron chi connectivity index (χ2n) is 5.52. The van der Waals surface area contributed by atoms with Crippen LogP contribution in [0.2, 0.25) is 5.02 Å². The van der Waals surface area contributed by atoms with Gasteiger partial charge in [0.15, 0.2) is 9.50 Å². The molecule has 0 atom stereocenters. The van der Waals surface area contributed by atoms with Gasteiger partial charge in [-0.15, -0.1) is 27.0 Å². The molecule has 0 aliphatic carbocycles. The lowest BCUT2D eigenvalue weighted by atomic mass is 10.2. The SMILES string of the molecule is C=CCn1c(C)nnc1SCC(=O)Nc1nnc(SCc2ccccc2Cl)s1. The van der Waals surface area contributed by atoms with Crippen molar-refractivity contribution in [3.8, 4) is 0 Å². The van der Waals surface area contributed by atoms with E-state index in [1.54, 1.807) is 6.08 Å². The lowest BCUT2D eigenvalue weighted by Crippen LogP contribution is -2.14. The molecule has 3 aromatic rings. The summed E-state index contributed by atoms with van der Waals surface area (Å²) < 4.78 is 2.67. The number of hydrogen-bond donors (Lipinski definition) is 1. The van der Waals surface area contributed by atoms with Crippen LogP contribution in [0.5, 0.6) is 0 Å². The van der Waals surface area contributed by atoms with E-state index < -0.39 is 0 Å². The normalized spacial score (nSPS) is 10.8. The van der Waals surface area contributed by atoms with Crippen LogP contribution in [-0.2, 0) is 17.1 Å². The molecule has 0 aliphatic rings. The van der Waals surface area contributed by atoms with E-state index in [0.29, 0.717) is 22.6 Å². The number of rotatable bonds is 9. The molecule has 146 valence electrons. The first kappa shape index (κ1) is 20.8. The molecule has 0 saturated heterocycles. The third-order valence-corrected chi connectivity index (χ3v) is 6.86. The maximum atomic E-state index is 12.2. The molecule has 0 bridgehead atoms. The van der Waals surface area contributed by atoms with Gasteiger partial charge in [-0.25, -0.2) is 0 Å². The van der Waals surface area contributed by atoms with Crippen molar-refractivity contribution >= 4 is 57.5 Å². The number of amides is 1. The quantitative estimate of drug-likeness (QED) is 0.294. The van der Waals surface area contributed by atoms with Gasteiger partial charge < -0.3 is 4.57 Å². The Labute approximate surface area is 180 Å². The predicted octanol–water partition coefficient (Wildman–Crippen LogP) is 4.30. The van der Waals surface area contributed by atoms with E-state index in [1.165, 1.54) is 34.9 Å². The number of halogens is 1. The average molecular weight is 453 g/mol. The topological polar surface area (TPSA) is 85.6 Å². The Morgan fingerprint density at radius 2 is 2.11 bits per heavy atom. The van der Waals surface area contributed by atoms with E-state index >= 15 is 0 Å². The standard InChI is InChI=1S/C17H17ClN6OS3/c1-3-8-24-11(2)20-22-16(24)26-10-14(25)19-15-21-23-17(28-15)27-9-12-6-4-5-7-13(12)18/h3-7H,1,8-10H2,2H3,(H,19,21,25). The molecule has 2 heterocycles. The summed E-state index contributed by atoms with van der Waals surface area (Å²) in [6.45, 7) is 6.19. The summed E-state index contributed by atoms with van der Waals surface area (Å²) in [5, 5.41) is 20.9. The summed E-state index contributed by atoms with van der Waals surface area (Å²) in [5.41, 5.74) is 1.03. The Hall–Kier alpha value is -1.88. The molecule has 0 aliphatic heterocycles. The number of hydrogen-bond acceptors (Lipinski definition) is 8. The number of carbonyl (C=O) groups is 1. The first-order valence-corrected chi connectivity index (χ1v) is 11.4. The summed E-state index contributed by atoms with van der Waals surface area (Å²) in [6.07, 6.45) is 1.77. The largest absolute Gasteiger partial charge is 0.302 e. The van der Waals surface area contributed by atoms with Gasteiger partial charge in [-0.3, -0.25) is 10.1 Å². The van der Waals surface area contributed by atoms with Crippen molar-refractivity contribution in [3.05, 3.63) is 53.3 Å². The van der Waals surface area contributed by atoms with Crippen molar-refractivity contribution in [1.29, 1.82) is 0 Å². The maximum absolute atomic E-state index is 12.2. The molecule has 2 aromatic heterocycles. The summed E-state index contributed by atoms with van der Waals surface area (Å²) >= 11 is 10.3. The van der Waals surface area contributed by atoms with Gasteiger partial charge in [0.25, 0.3) is 0 Å². The fourth-order valence-corrected chi connectivity index (χ4v) is 5.01. The number of nitrogens with zero attached hydrogens (tertiary/aromatic N) is 5. The second-order valence-corrected chi connectivity index (χ2v) is 9.07. The van der Waals surface area contributed by atoms with Crippen molar-refractivity contribution < 1.29 is 4.79 Å². The Bertz CT molecular complexity index is 973. The number of allylic oxidation sites excluding steroid dienone is 1. The monoisotopic (exact) mass is 452 g/mol. The van der Waals surface area contributed by atoms with E-state index in [-0.39, 0.29) is 11.7 Å². The van der Waals surface area contributed by atoms with Crippen LogP contribution >= 0.6 is 46.5 Å². The van der Waals surface area contributed by atoms with E-state index in [9.17, 15) is 4.79 Å². The van der Waals surface area contributed by atoms with Crippen LogP contribution < -0.4 is 5.32 Å². The van der Waals surface area contributed by atoms with E-state index in [4.69, 9.17) is 11.6 Å².